The number of para-hydroxylation sites is 2. The molecule has 160 valence electrons. The van der Waals surface area contributed by atoms with Gasteiger partial charge in [0.1, 0.15) is 12.4 Å². The fourth-order valence-corrected chi connectivity index (χ4v) is 3.54. The summed E-state index contributed by atoms with van der Waals surface area (Å²) in [4.78, 5) is 12.3. The van der Waals surface area contributed by atoms with Gasteiger partial charge in [-0.2, -0.15) is 0 Å². The van der Waals surface area contributed by atoms with Crippen LogP contribution in [-0.2, 0) is 17.8 Å². The summed E-state index contributed by atoms with van der Waals surface area (Å²) in [5.74, 6) is 0.280. The maximum absolute atomic E-state index is 12.3. The maximum atomic E-state index is 12.3. The summed E-state index contributed by atoms with van der Waals surface area (Å²) in [6, 6.07) is 24.5. The van der Waals surface area contributed by atoms with E-state index in [4.69, 9.17) is 4.74 Å². The molecule has 0 spiro atoms. The van der Waals surface area contributed by atoms with Crippen molar-refractivity contribution in [2.24, 2.45) is 10.2 Å². The molecule has 0 saturated carbocycles. The fourth-order valence-electron chi connectivity index (χ4n) is 3.54. The van der Waals surface area contributed by atoms with Crippen LogP contribution in [0.4, 0.5) is 5.69 Å². The van der Waals surface area contributed by atoms with E-state index in [1.54, 1.807) is 10.6 Å². The van der Waals surface area contributed by atoms with Crippen molar-refractivity contribution in [3.63, 3.8) is 0 Å². The summed E-state index contributed by atoms with van der Waals surface area (Å²) >= 11 is 0. The van der Waals surface area contributed by atoms with E-state index in [0.29, 0.717) is 24.3 Å². The van der Waals surface area contributed by atoms with Crippen molar-refractivity contribution in [3.8, 4) is 11.6 Å². The molecule has 0 radical (unpaired) electrons. The smallest absolute Gasteiger partial charge is 0.269 e. The number of amides is 1. The van der Waals surface area contributed by atoms with Gasteiger partial charge in [-0.05, 0) is 17.7 Å². The molecule has 0 bridgehead atoms. The van der Waals surface area contributed by atoms with Gasteiger partial charge in [0, 0.05) is 10.9 Å². The molecule has 0 aliphatic heterocycles. The van der Waals surface area contributed by atoms with Gasteiger partial charge >= 0.3 is 0 Å². The monoisotopic (exact) mass is 425 g/mol. The minimum Gasteiger partial charge on any atom is -0.493 e. The summed E-state index contributed by atoms with van der Waals surface area (Å²) < 4.78 is 7.49. The van der Waals surface area contributed by atoms with Gasteiger partial charge < -0.3 is 14.4 Å². The number of hydrogen-bond acceptors (Lipinski definition) is 4. The first-order valence-electron chi connectivity index (χ1n) is 10.3. The van der Waals surface area contributed by atoms with Crippen molar-refractivity contribution in [1.82, 2.24) is 4.57 Å². The highest BCUT2D eigenvalue weighted by atomic mass is 16.5. The number of benzene rings is 3. The topological polar surface area (TPSA) is 76.2 Å². The Morgan fingerprint density at radius 1 is 1.00 bits per heavy atom. The molecule has 0 fully saturated rings. The van der Waals surface area contributed by atoms with Crippen LogP contribution < -0.4 is 4.74 Å². The summed E-state index contributed by atoms with van der Waals surface area (Å²) in [6.07, 6.45) is 1.84. The van der Waals surface area contributed by atoms with Crippen LogP contribution in [0.1, 0.15) is 11.1 Å². The van der Waals surface area contributed by atoms with Gasteiger partial charge in [-0.25, -0.2) is 0 Å². The van der Waals surface area contributed by atoms with Gasteiger partial charge in [0.2, 0.25) is 5.88 Å². The Balaban J connectivity index is 1.65. The van der Waals surface area contributed by atoms with E-state index in [2.05, 4.69) is 16.8 Å². The Kier molecular flexibility index (Phi) is 6.41. The lowest BCUT2D eigenvalue weighted by Crippen LogP contribution is -2.03. The molecule has 6 nitrogen and oxygen atoms in total. The number of carbonyl (C=O) groups is 1. The highest BCUT2D eigenvalue weighted by Gasteiger charge is 2.18. The lowest BCUT2D eigenvalue weighted by atomic mass is 10.1. The van der Waals surface area contributed by atoms with E-state index in [1.165, 1.54) is 0 Å². The van der Waals surface area contributed by atoms with Crippen LogP contribution in [0.15, 0.2) is 102 Å². The predicted octanol–water partition coefficient (Wildman–Crippen LogP) is 5.81. The van der Waals surface area contributed by atoms with Crippen LogP contribution in [0.5, 0.6) is 11.6 Å². The molecule has 6 heteroatoms. The average molecular weight is 425 g/mol. The standard InChI is InChI=1S/C26H23N3O3/c1-2-16-32-23-15-9-6-12-20(23)18-29-22-14-8-7-13-21(22)25(26(29)31)28-27-24(30)17-19-10-4-3-5-11-19/h2-15,31H,1,16-18H2. The van der Waals surface area contributed by atoms with E-state index in [9.17, 15) is 9.90 Å². The van der Waals surface area contributed by atoms with E-state index in [0.717, 1.165) is 16.6 Å². The van der Waals surface area contributed by atoms with Crippen LogP contribution >= 0.6 is 0 Å². The maximum Gasteiger partial charge on any atom is 0.269 e. The van der Waals surface area contributed by atoms with Crippen LogP contribution in [0.3, 0.4) is 0 Å². The SMILES string of the molecule is C=CCOc1ccccc1Cn1c(O)c(N=NC(=O)Cc2ccccc2)c2ccccc21. The molecule has 1 amide bonds. The minimum absolute atomic E-state index is 0.0546. The second-order valence-corrected chi connectivity index (χ2v) is 7.24. The van der Waals surface area contributed by atoms with E-state index >= 15 is 0 Å². The minimum atomic E-state index is -0.379. The average Bonchev–Trinajstić information content (AvgIpc) is 3.08. The predicted molar refractivity (Wildman–Crippen MR) is 125 cm³/mol. The second-order valence-electron chi connectivity index (χ2n) is 7.24. The number of aromatic hydroxyl groups is 1. The lowest BCUT2D eigenvalue weighted by Gasteiger charge is -2.12. The molecule has 4 aromatic rings. The molecular formula is C26H23N3O3. The summed E-state index contributed by atoms with van der Waals surface area (Å²) in [5, 5.41) is 19.7. The Morgan fingerprint density at radius 3 is 2.53 bits per heavy atom. The van der Waals surface area contributed by atoms with Crippen LogP contribution in [0.25, 0.3) is 10.9 Å². The molecule has 0 aliphatic rings. The van der Waals surface area contributed by atoms with Crippen LogP contribution in [0, 0.1) is 0 Å². The van der Waals surface area contributed by atoms with Crippen molar-refractivity contribution in [1.29, 1.82) is 0 Å². The third-order valence-electron chi connectivity index (χ3n) is 5.03. The summed E-state index contributed by atoms with van der Waals surface area (Å²) in [7, 11) is 0. The number of carbonyl (C=O) groups excluding carboxylic acids is 1. The zero-order valence-electron chi connectivity index (χ0n) is 17.5. The Morgan fingerprint density at radius 2 is 1.72 bits per heavy atom. The van der Waals surface area contributed by atoms with E-state index in [1.807, 2.05) is 78.9 Å². The molecule has 0 saturated heterocycles. The first-order chi connectivity index (χ1) is 15.7. The van der Waals surface area contributed by atoms with Gasteiger partial charge in [-0.15, -0.1) is 10.2 Å². The molecule has 4 rings (SSSR count). The molecule has 1 aromatic heterocycles. The summed E-state index contributed by atoms with van der Waals surface area (Å²) in [5.41, 5.74) is 2.81. The molecule has 0 aliphatic carbocycles. The first-order valence-corrected chi connectivity index (χ1v) is 10.3. The molecule has 1 N–H and O–H groups in total. The molecule has 3 aromatic carbocycles. The quantitative estimate of drug-likeness (QED) is 0.286. The summed E-state index contributed by atoms with van der Waals surface area (Å²) in [6.45, 7) is 4.44. The second kappa shape index (κ2) is 9.75. The highest BCUT2D eigenvalue weighted by molar-refractivity contribution is 5.95. The zero-order chi connectivity index (χ0) is 22.3. The Hall–Kier alpha value is -4.19. The van der Waals surface area contributed by atoms with Crippen LogP contribution in [0.2, 0.25) is 0 Å². The number of rotatable bonds is 8. The molecular weight excluding hydrogens is 402 g/mol. The molecule has 0 atom stereocenters. The third kappa shape index (κ3) is 4.59. The van der Waals surface area contributed by atoms with Gasteiger partial charge in [-0.3, -0.25) is 4.79 Å². The number of fused-ring (bicyclic) bond motifs is 1. The van der Waals surface area contributed by atoms with Crippen molar-refractivity contribution >= 4 is 22.5 Å². The number of aromatic nitrogens is 1. The number of ether oxygens (including phenoxy) is 1. The lowest BCUT2D eigenvalue weighted by molar-refractivity contribution is -0.117. The highest BCUT2D eigenvalue weighted by Crippen LogP contribution is 2.39. The van der Waals surface area contributed by atoms with E-state index in [-0.39, 0.29) is 23.9 Å². The molecule has 1 heterocycles. The van der Waals surface area contributed by atoms with Crippen molar-refractivity contribution in [2.75, 3.05) is 6.61 Å². The number of nitrogens with zero attached hydrogens (tertiary/aromatic N) is 3. The number of azo groups is 1. The Bertz CT molecular complexity index is 1280. The number of hydrogen-bond donors (Lipinski definition) is 1. The van der Waals surface area contributed by atoms with E-state index < -0.39 is 0 Å². The molecule has 32 heavy (non-hydrogen) atoms. The fraction of sp³-hybridized carbons (Fsp3) is 0.115. The van der Waals surface area contributed by atoms with Gasteiger partial charge in [-0.1, -0.05) is 79.4 Å². The Labute approximate surface area is 186 Å². The van der Waals surface area contributed by atoms with Gasteiger partial charge in [0.25, 0.3) is 5.91 Å². The largest absolute Gasteiger partial charge is 0.493 e. The third-order valence-corrected chi connectivity index (χ3v) is 5.03. The van der Waals surface area contributed by atoms with Crippen molar-refractivity contribution in [2.45, 2.75) is 13.0 Å². The van der Waals surface area contributed by atoms with Crippen molar-refractivity contribution in [3.05, 3.63) is 103 Å². The van der Waals surface area contributed by atoms with Crippen molar-refractivity contribution < 1.29 is 14.6 Å². The zero-order valence-corrected chi connectivity index (χ0v) is 17.5. The van der Waals surface area contributed by atoms with Gasteiger partial charge in [0.05, 0.1) is 18.5 Å². The van der Waals surface area contributed by atoms with Crippen LogP contribution in [-0.4, -0.2) is 22.2 Å². The molecule has 0 unspecified atom stereocenters. The normalized spacial score (nSPS) is 11.1. The van der Waals surface area contributed by atoms with Gasteiger partial charge in [0.15, 0.2) is 5.69 Å². The first kappa shape index (κ1) is 21.1.